The van der Waals surface area contributed by atoms with E-state index < -0.39 is 10.8 Å². The normalized spacial score (nSPS) is 13.0. The minimum Gasteiger partial charge on any atom is -0.349 e. The Labute approximate surface area is 122 Å². The molecule has 2 unspecified atom stereocenters. The SMILES string of the molecule is Cc1cc(C(=O)NC(C)CS(C)=O)ccc1C#CCN. The van der Waals surface area contributed by atoms with Gasteiger partial charge in [-0.2, -0.15) is 0 Å². The first-order valence-corrected chi connectivity index (χ1v) is 8.07. The number of aryl methyl sites for hydroxylation is 1. The molecule has 0 saturated carbocycles. The fourth-order valence-electron chi connectivity index (χ4n) is 1.79. The highest BCUT2D eigenvalue weighted by molar-refractivity contribution is 7.84. The lowest BCUT2D eigenvalue weighted by Gasteiger charge is -2.13. The van der Waals surface area contributed by atoms with Crippen LogP contribution in [0.25, 0.3) is 0 Å². The largest absolute Gasteiger partial charge is 0.349 e. The topological polar surface area (TPSA) is 72.2 Å². The third-order valence-electron chi connectivity index (χ3n) is 2.68. The summed E-state index contributed by atoms with van der Waals surface area (Å²) < 4.78 is 11.1. The molecule has 1 rings (SSSR count). The smallest absolute Gasteiger partial charge is 0.251 e. The maximum atomic E-state index is 12.0. The van der Waals surface area contributed by atoms with E-state index in [1.807, 2.05) is 19.9 Å². The maximum Gasteiger partial charge on any atom is 0.251 e. The van der Waals surface area contributed by atoms with Gasteiger partial charge in [0.25, 0.3) is 5.91 Å². The fraction of sp³-hybridized carbons (Fsp3) is 0.400. The second kappa shape index (κ2) is 7.83. The predicted octanol–water partition coefficient (Wildman–Crippen LogP) is 0.802. The minimum absolute atomic E-state index is 0.120. The van der Waals surface area contributed by atoms with E-state index >= 15 is 0 Å². The van der Waals surface area contributed by atoms with E-state index in [0.717, 1.165) is 11.1 Å². The van der Waals surface area contributed by atoms with Crippen LogP contribution in [0.5, 0.6) is 0 Å². The molecule has 0 radical (unpaired) electrons. The van der Waals surface area contributed by atoms with Crippen molar-refractivity contribution in [1.82, 2.24) is 5.32 Å². The molecule has 2 atom stereocenters. The van der Waals surface area contributed by atoms with E-state index in [2.05, 4.69) is 17.2 Å². The van der Waals surface area contributed by atoms with Crippen molar-refractivity contribution in [3.8, 4) is 11.8 Å². The van der Waals surface area contributed by atoms with Crippen molar-refractivity contribution in [1.29, 1.82) is 0 Å². The maximum absolute atomic E-state index is 12.0. The molecule has 0 aliphatic heterocycles. The van der Waals surface area contributed by atoms with Crippen molar-refractivity contribution in [2.45, 2.75) is 19.9 Å². The monoisotopic (exact) mass is 292 g/mol. The standard InChI is InChI=1S/C15H20N2O2S/c1-11-9-14(7-6-13(11)5-4-8-16)15(18)17-12(2)10-20(3)19/h6-7,9,12H,8,10,16H2,1-3H3,(H,17,18). The van der Waals surface area contributed by atoms with E-state index in [4.69, 9.17) is 5.73 Å². The molecular formula is C15H20N2O2S. The van der Waals surface area contributed by atoms with Gasteiger partial charge in [0.15, 0.2) is 0 Å². The lowest BCUT2D eigenvalue weighted by Crippen LogP contribution is -2.36. The van der Waals surface area contributed by atoms with Crippen molar-refractivity contribution >= 4 is 16.7 Å². The molecule has 108 valence electrons. The number of rotatable bonds is 4. The Morgan fingerprint density at radius 2 is 2.20 bits per heavy atom. The molecule has 3 N–H and O–H groups in total. The highest BCUT2D eigenvalue weighted by Gasteiger charge is 2.11. The summed E-state index contributed by atoms with van der Waals surface area (Å²) in [5.74, 6) is 6.04. The fourth-order valence-corrected chi connectivity index (χ4v) is 2.58. The first-order valence-electron chi connectivity index (χ1n) is 6.34. The Balaban J connectivity index is 2.79. The molecule has 0 spiro atoms. The van der Waals surface area contributed by atoms with Crippen LogP contribution < -0.4 is 11.1 Å². The number of nitrogens with one attached hydrogen (secondary N) is 1. The van der Waals surface area contributed by atoms with Crippen LogP contribution in [0.1, 0.15) is 28.4 Å². The summed E-state index contributed by atoms with van der Waals surface area (Å²) in [6.45, 7) is 4.06. The van der Waals surface area contributed by atoms with Crippen LogP contribution >= 0.6 is 0 Å². The van der Waals surface area contributed by atoms with Crippen LogP contribution in [0.4, 0.5) is 0 Å². The van der Waals surface area contributed by atoms with Gasteiger partial charge in [-0.25, -0.2) is 0 Å². The molecule has 0 bridgehead atoms. The Morgan fingerprint density at radius 1 is 1.50 bits per heavy atom. The molecule has 5 heteroatoms. The van der Waals surface area contributed by atoms with Crippen LogP contribution in [0.2, 0.25) is 0 Å². The molecule has 1 aromatic rings. The quantitative estimate of drug-likeness (QED) is 0.806. The van der Waals surface area contributed by atoms with Crippen molar-refractivity contribution in [2.24, 2.45) is 5.73 Å². The van der Waals surface area contributed by atoms with Gasteiger partial charge in [0.05, 0.1) is 6.54 Å². The Bertz CT molecular complexity index is 573. The summed E-state index contributed by atoms with van der Waals surface area (Å²) in [7, 11) is -0.925. The van der Waals surface area contributed by atoms with Gasteiger partial charge in [-0.05, 0) is 37.6 Å². The molecular weight excluding hydrogens is 272 g/mol. The predicted molar refractivity (Wildman–Crippen MR) is 83.0 cm³/mol. The zero-order chi connectivity index (χ0) is 15.1. The lowest BCUT2D eigenvalue weighted by atomic mass is 10.0. The highest BCUT2D eigenvalue weighted by atomic mass is 32.2. The zero-order valence-corrected chi connectivity index (χ0v) is 12.8. The molecule has 0 aliphatic carbocycles. The van der Waals surface area contributed by atoms with Crippen molar-refractivity contribution in [3.05, 3.63) is 34.9 Å². The molecule has 0 aliphatic rings. The van der Waals surface area contributed by atoms with E-state index in [1.165, 1.54) is 0 Å². The third-order valence-corrected chi connectivity index (χ3v) is 3.65. The van der Waals surface area contributed by atoms with Crippen LogP contribution in [-0.4, -0.2) is 34.7 Å². The number of benzene rings is 1. The number of hydrogen-bond donors (Lipinski definition) is 2. The third kappa shape index (κ3) is 5.16. The Hall–Kier alpha value is -1.64. The molecule has 0 saturated heterocycles. The lowest BCUT2D eigenvalue weighted by molar-refractivity contribution is 0.0943. The summed E-state index contributed by atoms with van der Waals surface area (Å²) in [5, 5.41) is 2.83. The van der Waals surface area contributed by atoms with Gasteiger partial charge < -0.3 is 11.1 Å². The zero-order valence-electron chi connectivity index (χ0n) is 12.0. The Kier molecular flexibility index (Phi) is 6.43. The molecule has 1 aromatic carbocycles. The molecule has 4 nitrogen and oxygen atoms in total. The second-order valence-electron chi connectivity index (χ2n) is 4.65. The number of nitrogens with two attached hydrogens (primary N) is 1. The Morgan fingerprint density at radius 3 is 2.75 bits per heavy atom. The van der Waals surface area contributed by atoms with Crippen molar-refractivity contribution in [3.63, 3.8) is 0 Å². The first-order chi connectivity index (χ1) is 9.43. The number of hydrogen-bond acceptors (Lipinski definition) is 3. The van der Waals surface area contributed by atoms with Crippen LogP contribution in [0.3, 0.4) is 0 Å². The van der Waals surface area contributed by atoms with Gasteiger partial charge in [0, 0.05) is 40.0 Å². The number of carbonyl (C=O) groups excluding carboxylic acids is 1. The molecule has 1 amide bonds. The van der Waals surface area contributed by atoms with Gasteiger partial charge in [-0.1, -0.05) is 11.8 Å². The summed E-state index contributed by atoms with van der Waals surface area (Å²) in [4.78, 5) is 12.0. The first kappa shape index (κ1) is 16.4. The summed E-state index contributed by atoms with van der Waals surface area (Å²) in [6.07, 6.45) is 1.62. The van der Waals surface area contributed by atoms with Gasteiger partial charge >= 0.3 is 0 Å². The van der Waals surface area contributed by atoms with Crippen LogP contribution in [0.15, 0.2) is 18.2 Å². The van der Waals surface area contributed by atoms with Gasteiger partial charge in [0.1, 0.15) is 0 Å². The highest BCUT2D eigenvalue weighted by Crippen LogP contribution is 2.10. The summed E-state index contributed by atoms with van der Waals surface area (Å²) >= 11 is 0. The van der Waals surface area contributed by atoms with Crippen molar-refractivity contribution < 1.29 is 9.00 Å². The molecule has 0 heterocycles. The number of carbonyl (C=O) groups is 1. The summed E-state index contributed by atoms with van der Waals surface area (Å²) in [5.41, 5.74) is 7.72. The summed E-state index contributed by atoms with van der Waals surface area (Å²) in [6, 6.07) is 5.23. The second-order valence-corrected chi connectivity index (χ2v) is 6.13. The average molecular weight is 292 g/mol. The molecule has 20 heavy (non-hydrogen) atoms. The van der Waals surface area contributed by atoms with Crippen molar-refractivity contribution in [2.75, 3.05) is 18.6 Å². The molecule has 0 aromatic heterocycles. The van der Waals surface area contributed by atoms with Gasteiger partial charge in [0.2, 0.25) is 0 Å². The number of amides is 1. The van der Waals surface area contributed by atoms with E-state index in [9.17, 15) is 9.00 Å². The van der Waals surface area contributed by atoms with E-state index in [0.29, 0.717) is 17.9 Å². The van der Waals surface area contributed by atoms with E-state index in [1.54, 1.807) is 18.4 Å². The molecule has 0 fully saturated rings. The minimum atomic E-state index is -0.925. The van der Waals surface area contributed by atoms with Crippen LogP contribution in [0, 0.1) is 18.8 Å². The van der Waals surface area contributed by atoms with Crippen LogP contribution in [-0.2, 0) is 10.8 Å². The average Bonchev–Trinajstić information content (AvgIpc) is 2.36. The van der Waals surface area contributed by atoms with Gasteiger partial charge in [-0.15, -0.1) is 0 Å². The van der Waals surface area contributed by atoms with E-state index in [-0.39, 0.29) is 11.9 Å². The van der Waals surface area contributed by atoms with Gasteiger partial charge in [-0.3, -0.25) is 9.00 Å².